The number of imide groups is 2. The topological polar surface area (TPSA) is 90.0 Å². The van der Waals surface area contributed by atoms with Crippen LogP contribution >= 0.6 is 0 Å². The van der Waals surface area contributed by atoms with Crippen molar-refractivity contribution in [3.63, 3.8) is 0 Å². The molecule has 4 aromatic rings. The summed E-state index contributed by atoms with van der Waals surface area (Å²) in [5.41, 5.74) is 5.77. The number of rotatable bonds is 12. The van der Waals surface area contributed by atoms with Crippen LogP contribution in [0.4, 0.5) is 5.69 Å². The van der Waals surface area contributed by atoms with Crippen molar-refractivity contribution in [2.75, 3.05) is 45.1 Å². The first-order valence-electron chi connectivity index (χ1n) is 16.2. The van der Waals surface area contributed by atoms with E-state index in [1.54, 1.807) is 0 Å². The van der Waals surface area contributed by atoms with Crippen molar-refractivity contribution in [2.24, 2.45) is 0 Å². The molecule has 0 radical (unpaired) electrons. The second kappa shape index (κ2) is 11.7. The van der Waals surface area contributed by atoms with Crippen LogP contribution in [0.1, 0.15) is 85.2 Å². The molecule has 0 spiro atoms. The molecule has 1 N–H and O–H groups in total. The fourth-order valence-electron chi connectivity index (χ4n) is 7.28. The lowest BCUT2D eigenvalue weighted by Crippen LogP contribution is -2.42. The fourth-order valence-corrected chi connectivity index (χ4v) is 7.28. The Bertz CT molecular complexity index is 1820. The van der Waals surface area contributed by atoms with E-state index in [1.807, 2.05) is 61.6 Å². The predicted molar refractivity (Wildman–Crippen MR) is 176 cm³/mol. The number of carbonyl (C=O) groups excluding carboxylic acids is 4. The first-order valence-corrected chi connectivity index (χ1v) is 16.2. The van der Waals surface area contributed by atoms with Crippen LogP contribution in [0, 0.1) is 0 Å². The Morgan fingerprint density at radius 2 is 1.18 bits per heavy atom. The smallest absolute Gasteiger partial charge is 0.261 e. The fraction of sp³-hybridized carbons (Fsp3) is 0.351. The van der Waals surface area contributed by atoms with Crippen LogP contribution in [-0.4, -0.2) is 78.1 Å². The highest BCUT2D eigenvalue weighted by molar-refractivity contribution is 6.27. The maximum absolute atomic E-state index is 13.5. The minimum atomic E-state index is -0.251. The molecule has 0 atom stereocenters. The third-order valence-corrected chi connectivity index (χ3v) is 9.63. The summed E-state index contributed by atoms with van der Waals surface area (Å²) in [4.78, 5) is 58.6. The summed E-state index contributed by atoms with van der Waals surface area (Å²) >= 11 is 0. The summed E-state index contributed by atoms with van der Waals surface area (Å²) in [5.74, 6) is -0.934. The van der Waals surface area contributed by atoms with E-state index in [2.05, 4.69) is 17.1 Å². The minimum Gasteiger partial charge on any atom is -0.385 e. The molecule has 0 bridgehead atoms. The molecule has 4 amide bonds. The zero-order valence-electron chi connectivity index (χ0n) is 25.9. The van der Waals surface area contributed by atoms with Gasteiger partial charge in [0.15, 0.2) is 0 Å². The van der Waals surface area contributed by atoms with E-state index in [9.17, 15) is 19.2 Å². The van der Waals surface area contributed by atoms with E-state index in [0.717, 1.165) is 59.5 Å². The van der Waals surface area contributed by atoms with Crippen molar-refractivity contribution >= 4 is 50.9 Å². The summed E-state index contributed by atoms with van der Waals surface area (Å²) in [6.45, 7) is 4.99. The lowest BCUT2D eigenvalue weighted by Gasteiger charge is -2.29. The van der Waals surface area contributed by atoms with Crippen LogP contribution in [0.5, 0.6) is 0 Å². The molecular formula is C37H38N4O4. The molecule has 1 aliphatic carbocycles. The van der Waals surface area contributed by atoms with Gasteiger partial charge in [0.2, 0.25) is 0 Å². The highest BCUT2D eigenvalue weighted by atomic mass is 16.2. The first-order chi connectivity index (χ1) is 21.9. The average molecular weight is 603 g/mol. The Morgan fingerprint density at radius 3 is 1.76 bits per heavy atom. The van der Waals surface area contributed by atoms with Crippen LogP contribution in [-0.2, 0) is 12.8 Å². The molecule has 0 saturated carbocycles. The number of carbonyl (C=O) groups is 4. The first kappa shape index (κ1) is 29.2. The van der Waals surface area contributed by atoms with Gasteiger partial charge in [-0.25, -0.2) is 0 Å². The quantitative estimate of drug-likeness (QED) is 0.160. The van der Waals surface area contributed by atoms with Gasteiger partial charge in [-0.2, -0.15) is 0 Å². The maximum Gasteiger partial charge on any atom is 0.261 e. The van der Waals surface area contributed by atoms with Gasteiger partial charge in [0.25, 0.3) is 23.6 Å². The minimum absolute atomic E-state index is 0.216. The normalized spacial score (nSPS) is 15.4. The van der Waals surface area contributed by atoms with Crippen LogP contribution in [0.25, 0.3) is 21.5 Å². The highest BCUT2D eigenvalue weighted by Gasteiger charge is 2.35. The standard InChI is InChI=1S/C37H38N4O4/c1-3-4-18-38-30-17-16-27-32-25(30)8-5-9-26(32)34(42)40(35(27)43)21-6-19-39(2)20-7-22-41-36(44)28-14-12-23-10-11-24-13-15-29(37(41)45)33(28)31(23)24/h5,8-9,12-17,38H,3-4,6-7,10-11,18-22H2,1-2H3. The molecule has 8 nitrogen and oxygen atoms in total. The van der Waals surface area contributed by atoms with Gasteiger partial charge in [-0.15, -0.1) is 0 Å². The van der Waals surface area contributed by atoms with Crippen molar-refractivity contribution in [3.8, 4) is 0 Å². The third kappa shape index (κ3) is 4.88. The molecule has 0 aromatic heterocycles. The summed E-state index contributed by atoms with van der Waals surface area (Å²) < 4.78 is 0. The lowest BCUT2D eigenvalue weighted by molar-refractivity contribution is 0.0596. The summed E-state index contributed by atoms with van der Waals surface area (Å²) in [7, 11) is 1.98. The SMILES string of the molecule is CCCCNc1ccc2c3c(cccc13)C(=O)N(CCCN(C)CCCN1C(=O)c3ccc4c5c(ccc(c35)C1=O)CC4)C2=O. The summed E-state index contributed by atoms with van der Waals surface area (Å²) in [5, 5.41) is 7.02. The van der Waals surface area contributed by atoms with Crippen LogP contribution < -0.4 is 5.32 Å². The highest BCUT2D eigenvalue weighted by Crippen LogP contribution is 2.38. The van der Waals surface area contributed by atoms with Crippen molar-refractivity contribution in [1.29, 1.82) is 0 Å². The number of aryl methyl sites for hydroxylation is 2. The van der Waals surface area contributed by atoms with Crippen molar-refractivity contribution in [2.45, 2.75) is 45.4 Å². The van der Waals surface area contributed by atoms with E-state index >= 15 is 0 Å². The van der Waals surface area contributed by atoms with Crippen molar-refractivity contribution in [3.05, 3.63) is 88.0 Å². The molecule has 7 rings (SSSR count). The number of hydrogen-bond acceptors (Lipinski definition) is 6. The Kier molecular flexibility index (Phi) is 7.61. The zero-order chi connectivity index (χ0) is 31.2. The molecule has 0 unspecified atom stereocenters. The Labute approximate surface area is 263 Å². The van der Waals surface area contributed by atoms with Gasteiger partial charge in [0.05, 0.1) is 0 Å². The van der Waals surface area contributed by atoms with Crippen LogP contribution in [0.15, 0.2) is 54.6 Å². The average Bonchev–Trinajstić information content (AvgIpc) is 3.48. The number of hydrogen-bond donors (Lipinski definition) is 1. The second-order valence-corrected chi connectivity index (χ2v) is 12.5. The number of amides is 4. The number of nitrogens with one attached hydrogen (secondary N) is 1. The van der Waals surface area contributed by atoms with E-state index in [4.69, 9.17) is 0 Å². The third-order valence-electron chi connectivity index (χ3n) is 9.63. The van der Waals surface area contributed by atoms with Gasteiger partial charge in [-0.05, 0) is 99.1 Å². The molecule has 2 aliphatic heterocycles. The molecule has 0 fully saturated rings. The molecule has 230 valence electrons. The molecule has 0 saturated heterocycles. The van der Waals surface area contributed by atoms with E-state index < -0.39 is 0 Å². The monoisotopic (exact) mass is 602 g/mol. The van der Waals surface area contributed by atoms with Gasteiger partial charge < -0.3 is 10.2 Å². The van der Waals surface area contributed by atoms with E-state index in [1.165, 1.54) is 20.9 Å². The molecular weight excluding hydrogens is 564 g/mol. The van der Waals surface area contributed by atoms with Gasteiger partial charge in [-0.3, -0.25) is 29.0 Å². The molecule has 8 heteroatoms. The van der Waals surface area contributed by atoms with Gasteiger partial charge in [0, 0.05) is 63.7 Å². The van der Waals surface area contributed by atoms with E-state index in [0.29, 0.717) is 61.3 Å². The molecule has 45 heavy (non-hydrogen) atoms. The summed E-state index contributed by atoms with van der Waals surface area (Å²) in [6.07, 6.45) is 5.29. The largest absolute Gasteiger partial charge is 0.385 e. The van der Waals surface area contributed by atoms with Gasteiger partial charge in [-0.1, -0.05) is 37.6 Å². The van der Waals surface area contributed by atoms with Gasteiger partial charge in [0.1, 0.15) is 0 Å². The number of anilines is 1. The number of unbranched alkanes of at least 4 members (excludes halogenated alkanes) is 1. The Balaban J connectivity index is 0.952. The number of benzene rings is 4. The second-order valence-electron chi connectivity index (χ2n) is 12.5. The Hall–Kier alpha value is -4.56. The molecule has 4 aromatic carbocycles. The van der Waals surface area contributed by atoms with Crippen LogP contribution in [0.3, 0.4) is 0 Å². The number of nitrogens with zero attached hydrogens (tertiary/aromatic N) is 3. The van der Waals surface area contributed by atoms with Crippen LogP contribution in [0.2, 0.25) is 0 Å². The van der Waals surface area contributed by atoms with E-state index in [-0.39, 0.29) is 23.6 Å². The lowest BCUT2D eigenvalue weighted by atomic mass is 9.91. The summed E-state index contributed by atoms with van der Waals surface area (Å²) in [6, 6.07) is 17.3. The Morgan fingerprint density at radius 1 is 0.644 bits per heavy atom. The van der Waals surface area contributed by atoms with Crippen molar-refractivity contribution in [1.82, 2.24) is 14.7 Å². The van der Waals surface area contributed by atoms with Crippen molar-refractivity contribution < 1.29 is 19.2 Å². The zero-order valence-corrected chi connectivity index (χ0v) is 25.9. The molecule has 2 heterocycles. The van der Waals surface area contributed by atoms with Gasteiger partial charge >= 0.3 is 0 Å². The molecule has 3 aliphatic rings. The predicted octanol–water partition coefficient (Wildman–Crippen LogP) is 5.91. The maximum atomic E-state index is 13.5.